The zero-order valence-electron chi connectivity index (χ0n) is 12.4. The van der Waals surface area contributed by atoms with E-state index in [1.165, 1.54) is 30.0 Å². The van der Waals surface area contributed by atoms with Crippen molar-refractivity contribution in [2.45, 2.75) is 37.2 Å². The molecule has 2 saturated carbocycles. The van der Waals surface area contributed by atoms with Gasteiger partial charge in [0.15, 0.2) is 0 Å². The van der Waals surface area contributed by atoms with E-state index in [-0.39, 0.29) is 11.5 Å². The van der Waals surface area contributed by atoms with Crippen molar-refractivity contribution in [1.29, 1.82) is 0 Å². The van der Waals surface area contributed by atoms with Gasteiger partial charge in [0.05, 0.1) is 11.5 Å². The van der Waals surface area contributed by atoms with E-state index >= 15 is 0 Å². The normalized spacial score (nSPS) is 28.4. The molecular weight excluding hydrogens is 286 g/mol. The molecule has 2 fully saturated rings. The van der Waals surface area contributed by atoms with Crippen LogP contribution in [0.25, 0.3) is 0 Å². The van der Waals surface area contributed by atoms with Crippen molar-refractivity contribution in [2.24, 2.45) is 17.8 Å². The highest BCUT2D eigenvalue weighted by Crippen LogP contribution is 2.48. The first-order valence-electron chi connectivity index (χ1n) is 7.67. The van der Waals surface area contributed by atoms with E-state index in [1.54, 1.807) is 31.3 Å². The minimum atomic E-state index is -3.45. The highest BCUT2D eigenvalue weighted by molar-refractivity contribution is 7.89. The molecule has 3 unspecified atom stereocenters. The average molecular weight is 309 g/mol. The number of benzene rings is 1. The zero-order chi connectivity index (χ0) is 15.0. The number of aliphatic hydroxyl groups excluding tert-OH is 1. The maximum Gasteiger partial charge on any atom is 0.242 e. The van der Waals surface area contributed by atoms with Crippen LogP contribution in [0.2, 0.25) is 0 Å². The Kier molecular flexibility index (Phi) is 4.08. The Morgan fingerprint density at radius 3 is 2.71 bits per heavy atom. The fourth-order valence-corrected chi connectivity index (χ4v) is 5.31. The van der Waals surface area contributed by atoms with Crippen LogP contribution in [-0.4, -0.2) is 31.4 Å². The van der Waals surface area contributed by atoms with Gasteiger partial charge in [-0.05, 0) is 54.7 Å². The third-order valence-corrected chi connectivity index (χ3v) is 6.98. The lowest BCUT2D eigenvalue weighted by Gasteiger charge is -2.26. The smallest absolute Gasteiger partial charge is 0.242 e. The molecule has 1 aromatic rings. The number of rotatable bonds is 5. The summed E-state index contributed by atoms with van der Waals surface area (Å²) in [6.45, 7) is 0.478. The molecule has 3 atom stereocenters. The van der Waals surface area contributed by atoms with E-state index in [9.17, 15) is 8.42 Å². The third kappa shape index (κ3) is 2.87. The zero-order valence-corrected chi connectivity index (χ0v) is 13.2. The van der Waals surface area contributed by atoms with Crippen molar-refractivity contribution < 1.29 is 13.5 Å². The summed E-state index contributed by atoms with van der Waals surface area (Å²) in [5, 5.41) is 9.16. The van der Waals surface area contributed by atoms with Crippen LogP contribution in [0.15, 0.2) is 29.2 Å². The lowest BCUT2D eigenvalue weighted by Crippen LogP contribution is -2.33. The largest absolute Gasteiger partial charge is 0.392 e. The molecule has 5 heteroatoms. The van der Waals surface area contributed by atoms with Crippen molar-refractivity contribution in [3.8, 4) is 0 Å². The maximum absolute atomic E-state index is 12.6. The van der Waals surface area contributed by atoms with Gasteiger partial charge in [-0.2, -0.15) is 0 Å². The summed E-state index contributed by atoms with van der Waals surface area (Å²) >= 11 is 0. The van der Waals surface area contributed by atoms with Crippen LogP contribution in [0.5, 0.6) is 0 Å². The highest BCUT2D eigenvalue weighted by atomic mass is 32.2. The molecule has 0 aromatic heterocycles. The molecule has 3 rings (SSSR count). The first-order valence-corrected chi connectivity index (χ1v) is 9.11. The second-order valence-corrected chi connectivity index (χ2v) is 8.57. The van der Waals surface area contributed by atoms with Gasteiger partial charge in [-0.1, -0.05) is 18.6 Å². The van der Waals surface area contributed by atoms with E-state index in [4.69, 9.17) is 5.11 Å². The number of aliphatic hydroxyl groups is 1. The van der Waals surface area contributed by atoms with Gasteiger partial charge in [0.2, 0.25) is 10.0 Å². The summed E-state index contributed by atoms with van der Waals surface area (Å²) in [6, 6.07) is 6.58. The molecule has 0 saturated heterocycles. The van der Waals surface area contributed by atoms with Crippen molar-refractivity contribution >= 4 is 10.0 Å². The monoisotopic (exact) mass is 309 g/mol. The maximum atomic E-state index is 12.6. The Morgan fingerprint density at radius 2 is 2.10 bits per heavy atom. The van der Waals surface area contributed by atoms with Crippen LogP contribution in [0.1, 0.15) is 31.2 Å². The van der Waals surface area contributed by atoms with Crippen LogP contribution in [-0.2, 0) is 16.6 Å². The minimum Gasteiger partial charge on any atom is -0.392 e. The molecule has 0 aliphatic heterocycles. The molecule has 1 aromatic carbocycles. The van der Waals surface area contributed by atoms with Gasteiger partial charge >= 0.3 is 0 Å². The van der Waals surface area contributed by atoms with E-state index < -0.39 is 10.0 Å². The van der Waals surface area contributed by atoms with Gasteiger partial charge in [-0.15, -0.1) is 0 Å². The number of hydrogen-bond donors (Lipinski definition) is 1. The molecule has 0 amide bonds. The van der Waals surface area contributed by atoms with Crippen molar-refractivity contribution in [3.05, 3.63) is 29.8 Å². The van der Waals surface area contributed by atoms with Crippen molar-refractivity contribution in [3.63, 3.8) is 0 Å². The Hall–Kier alpha value is -0.910. The predicted molar refractivity (Wildman–Crippen MR) is 81.1 cm³/mol. The van der Waals surface area contributed by atoms with Crippen molar-refractivity contribution in [2.75, 3.05) is 13.6 Å². The predicted octanol–water partition coefficient (Wildman–Crippen LogP) is 2.24. The Bertz CT molecular complexity index is 614. The van der Waals surface area contributed by atoms with E-state index in [2.05, 4.69) is 0 Å². The van der Waals surface area contributed by atoms with E-state index in [0.717, 1.165) is 11.8 Å². The number of sulfonamides is 1. The lowest BCUT2D eigenvalue weighted by molar-refractivity contribution is 0.279. The molecule has 0 radical (unpaired) electrons. The standard InChI is InChI=1S/C16H23NO3S/c1-17(10-15-8-12-5-6-14(15)7-12)21(19,20)16-4-2-3-13(9-16)11-18/h2-4,9,12,14-15,18H,5-8,10-11H2,1H3. The molecule has 1 N–H and O–H groups in total. The van der Waals surface area contributed by atoms with Gasteiger partial charge in [0.25, 0.3) is 0 Å². The Morgan fingerprint density at radius 1 is 1.29 bits per heavy atom. The van der Waals surface area contributed by atoms with Gasteiger partial charge in [-0.3, -0.25) is 0 Å². The van der Waals surface area contributed by atoms with Gasteiger partial charge < -0.3 is 5.11 Å². The van der Waals surface area contributed by atoms with Gasteiger partial charge in [0, 0.05) is 13.6 Å². The molecule has 116 valence electrons. The molecule has 21 heavy (non-hydrogen) atoms. The molecule has 0 heterocycles. The molecular formula is C16H23NO3S. The molecule has 4 nitrogen and oxygen atoms in total. The third-order valence-electron chi connectivity index (χ3n) is 5.17. The van der Waals surface area contributed by atoms with Crippen molar-refractivity contribution in [1.82, 2.24) is 4.31 Å². The lowest BCUT2D eigenvalue weighted by atomic mass is 9.89. The summed E-state index contributed by atoms with van der Waals surface area (Å²) < 4.78 is 26.8. The molecule has 2 bridgehead atoms. The summed E-state index contributed by atoms with van der Waals surface area (Å²) in [7, 11) is -1.78. The number of fused-ring (bicyclic) bond motifs is 2. The van der Waals surface area contributed by atoms with Crippen LogP contribution in [0, 0.1) is 17.8 Å². The van der Waals surface area contributed by atoms with E-state index in [1.807, 2.05) is 0 Å². The van der Waals surface area contributed by atoms with Crippen LogP contribution in [0.3, 0.4) is 0 Å². The summed E-state index contributed by atoms with van der Waals surface area (Å²) in [5.74, 6) is 2.06. The topological polar surface area (TPSA) is 57.6 Å². The fourth-order valence-electron chi connectivity index (χ4n) is 4.01. The van der Waals surface area contributed by atoms with Gasteiger partial charge in [-0.25, -0.2) is 12.7 Å². The highest BCUT2D eigenvalue weighted by Gasteiger charge is 2.40. The quantitative estimate of drug-likeness (QED) is 0.907. The molecule has 0 spiro atoms. The Balaban J connectivity index is 1.74. The van der Waals surface area contributed by atoms with Crippen LogP contribution < -0.4 is 0 Å². The second-order valence-electron chi connectivity index (χ2n) is 6.53. The summed E-state index contributed by atoms with van der Waals surface area (Å²) in [5.41, 5.74) is 0.629. The first kappa shape index (κ1) is 15.0. The van der Waals surface area contributed by atoms with E-state index in [0.29, 0.717) is 18.0 Å². The average Bonchev–Trinajstić information content (AvgIpc) is 3.09. The summed E-state index contributed by atoms with van der Waals surface area (Å²) in [6.07, 6.45) is 5.07. The molecule has 2 aliphatic carbocycles. The number of nitrogens with zero attached hydrogens (tertiary/aromatic N) is 1. The minimum absolute atomic E-state index is 0.139. The fraction of sp³-hybridized carbons (Fsp3) is 0.625. The van der Waals surface area contributed by atoms with Crippen LogP contribution in [0.4, 0.5) is 0 Å². The Labute approximate surface area is 126 Å². The second kappa shape index (κ2) is 5.71. The van der Waals surface area contributed by atoms with Gasteiger partial charge in [0.1, 0.15) is 0 Å². The van der Waals surface area contributed by atoms with Crippen LogP contribution >= 0.6 is 0 Å². The summed E-state index contributed by atoms with van der Waals surface area (Å²) in [4.78, 5) is 0.278. The SMILES string of the molecule is CN(CC1CC2CCC1C2)S(=O)(=O)c1cccc(CO)c1. The molecule has 2 aliphatic rings. The number of hydrogen-bond acceptors (Lipinski definition) is 3. The first-order chi connectivity index (χ1) is 10.0.